The average Bonchev–Trinajstić information content (AvgIpc) is 3.08. The maximum atomic E-state index is 4.15. The Bertz CT molecular complexity index is 749. The van der Waals surface area contributed by atoms with Crippen LogP contribution in [0.2, 0.25) is 0 Å². The molecule has 108 valence electrons. The summed E-state index contributed by atoms with van der Waals surface area (Å²) in [5, 5.41) is 11.6. The molecule has 0 saturated heterocycles. The standard InChI is InChI=1S/C15H15BrN4S/c1-10(13-6-7-14(16)21-13)18-12-5-3-4-11(8-12)15-19-17-9-20(15)2/h3-10,18H,1-2H3. The van der Waals surface area contributed by atoms with Crippen molar-refractivity contribution in [2.75, 3.05) is 5.32 Å². The molecular formula is C15H15BrN4S. The van der Waals surface area contributed by atoms with Gasteiger partial charge in [-0.1, -0.05) is 12.1 Å². The normalized spacial score (nSPS) is 12.3. The lowest BCUT2D eigenvalue weighted by Crippen LogP contribution is -2.04. The highest BCUT2D eigenvalue weighted by molar-refractivity contribution is 9.11. The summed E-state index contributed by atoms with van der Waals surface area (Å²) in [6.45, 7) is 2.16. The van der Waals surface area contributed by atoms with E-state index in [4.69, 9.17) is 0 Å². The minimum absolute atomic E-state index is 0.260. The van der Waals surface area contributed by atoms with Crippen molar-refractivity contribution in [3.63, 3.8) is 0 Å². The number of anilines is 1. The summed E-state index contributed by atoms with van der Waals surface area (Å²) < 4.78 is 3.07. The molecule has 1 N–H and O–H groups in total. The second-order valence-corrected chi connectivity index (χ2v) is 7.35. The van der Waals surface area contributed by atoms with Crippen molar-refractivity contribution in [3.8, 4) is 11.4 Å². The van der Waals surface area contributed by atoms with Gasteiger partial charge >= 0.3 is 0 Å². The van der Waals surface area contributed by atoms with E-state index in [-0.39, 0.29) is 6.04 Å². The van der Waals surface area contributed by atoms with Crippen LogP contribution in [0.1, 0.15) is 17.8 Å². The molecule has 0 fully saturated rings. The Labute approximate surface area is 136 Å². The van der Waals surface area contributed by atoms with E-state index in [0.29, 0.717) is 0 Å². The Hall–Kier alpha value is -1.66. The first kappa shape index (κ1) is 14.3. The van der Waals surface area contributed by atoms with Gasteiger partial charge in [-0.15, -0.1) is 21.5 Å². The number of aromatic nitrogens is 3. The zero-order chi connectivity index (χ0) is 14.8. The third kappa shape index (κ3) is 3.16. The van der Waals surface area contributed by atoms with Crippen LogP contribution in [0.5, 0.6) is 0 Å². The quantitative estimate of drug-likeness (QED) is 0.743. The van der Waals surface area contributed by atoms with Crippen LogP contribution >= 0.6 is 27.3 Å². The van der Waals surface area contributed by atoms with Gasteiger partial charge in [-0.3, -0.25) is 0 Å². The van der Waals surface area contributed by atoms with Gasteiger partial charge in [-0.25, -0.2) is 0 Å². The Morgan fingerprint density at radius 2 is 2.14 bits per heavy atom. The van der Waals surface area contributed by atoms with Gasteiger partial charge in [0.05, 0.1) is 9.83 Å². The lowest BCUT2D eigenvalue weighted by Gasteiger charge is -2.14. The van der Waals surface area contributed by atoms with Crippen molar-refractivity contribution in [3.05, 3.63) is 51.4 Å². The van der Waals surface area contributed by atoms with Gasteiger partial charge in [0.2, 0.25) is 0 Å². The van der Waals surface area contributed by atoms with Gasteiger partial charge in [0.15, 0.2) is 5.82 Å². The van der Waals surface area contributed by atoms with Gasteiger partial charge < -0.3 is 9.88 Å². The van der Waals surface area contributed by atoms with Crippen LogP contribution in [0.15, 0.2) is 46.5 Å². The van der Waals surface area contributed by atoms with Gasteiger partial charge in [0.1, 0.15) is 6.33 Å². The number of nitrogens with one attached hydrogen (secondary N) is 1. The van der Waals surface area contributed by atoms with E-state index in [2.05, 4.69) is 62.6 Å². The largest absolute Gasteiger partial charge is 0.378 e. The van der Waals surface area contributed by atoms with Gasteiger partial charge in [0, 0.05) is 23.2 Å². The lowest BCUT2D eigenvalue weighted by molar-refractivity contribution is 0.906. The maximum Gasteiger partial charge on any atom is 0.163 e. The molecule has 2 aromatic heterocycles. The number of rotatable bonds is 4. The molecule has 2 heterocycles. The van der Waals surface area contributed by atoms with Crippen LogP contribution in [0.25, 0.3) is 11.4 Å². The van der Waals surface area contributed by atoms with Crippen molar-refractivity contribution >= 4 is 33.0 Å². The number of aryl methyl sites for hydroxylation is 1. The fourth-order valence-electron chi connectivity index (χ4n) is 2.17. The second kappa shape index (κ2) is 5.99. The number of benzene rings is 1. The molecule has 6 heteroatoms. The number of nitrogens with zero attached hydrogens (tertiary/aromatic N) is 3. The van der Waals surface area contributed by atoms with E-state index in [1.807, 2.05) is 23.7 Å². The summed E-state index contributed by atoms with van der Waals surface area (Å²) >= 11 is 5.25. The van der Waals surface area contributed by atoms with Crippen LogP contribution in [-0.4, -0.2) is 14.8 Å². The van der Waals surface area contributed by atoms with E-state index in [0.717, 1.165) is 20.9 Å². The van der Waals surface area contributed by atoms with E-state index < -0.39 is 0 Å². The first-order chi connectivity index (χ1) is 10.1. The van der Waals surface area contributed by atoms with Crippen LogP contribution in [-0.2, 0) is 7.05 Å². The topological polar surface area (TPSA) is 42.7 Å². The van der Waals surface area contributed by atoms with E-state index in [1.54, 1.807) is 17.7 Å². The number of hydrogen-bond donors (Lipinski definition) is 1. The monoisotopic (exact) mass is 362 g/mol. The molecule has 4 nitrogen and oxygen atoms in total. The Balaban J connectivity index is 1.82. The zero-order valence-electron chi connectivity index (χ0n) is 11.7. The van der Waals surface area contributed by atoms with Gasteiger partial charge in [-0.05, 0) is 47.1 Å². The Morgan fingerprint density at radius 3 is 2.81 bits per heavy atom. The minimum atomic E-state index is 0.260. The second-order valence-electron chi connectivity index (χ2n) is 4.85. The molecule has 3 aromatic rings. The van der Waals surface area contributed by atoms with E-state index in [1.165, 1.54) is 4.88 Å². The van der Waals surface area contributed by atoms with Gasteiger partial charge in [0.25, 0.3) is 0 Å². The zero-order valence-corrected chi connectivity index (χ0v) is 14.1. The average molecular weight is 363 g/mol. The van der Waals surface area contributed by atoms with Crippen molar-refractivity contribution in [2.24, 2.45) is 7.05 Å². The smallest absolute Gasteiger partial charge is 0.163 e. The molecule has 21 heavy (non-hydrogen) atoms. The number of thiophene rings is 1. The highest BCUT2D eigenvalue weighted by Crippen LogP contribution is 2.30. The van der Waals surface area contributed by atoms with Crippen LogP contribution in [0, 0.1) is 0 Å². The molecule has 0 aliphatic carbocycles. The minimum Gasteiger partial charge on any atom is -0.378 e. The first-order valence-corrected chi connectivity index (χ1v) is 8.20. The Morgan fingerprint density at radius 1 is 1.29 bits per heavy atom. The van der Waals surface area contributed by atoms with Crippen molar-refractivity contribution in [2.45, 2.75) is 13.0 Å². The molecular weight excluding hydrogens is 348 g/mol. The van der Waals surface area contributed by atoms with Crippen molar-refractivity contribution < 1.29 is 0 Å². The summed E-state index contributed by atoms with van der Waals surface area (Å²) in [4.78, 5) is 1.30. The molecule has 1 aromatic carbocycles. The fraction of sp³-hybridized carbons (Fsp3) is 0.200. The third-order valence-electron chi connectivity index (χ3n) is 3.24. The van der Waals surface area contributed by atoms with Crippen molar-refractivity contribution in [1.82, 2.24) is 14.8 Å². The first-order valence-electron chi connectivity index (χ1n) is 6.59. The van der Waals surface area contributed by atoms with E-state index in [9.17, 15) is 0 Å². The molecule has 0 aliphatic heterocycles. The molecule has 1 atom stereocenters. The molecule has 3 rings (SSSR count). The molecule has 0 aliphatic rings. The molecule has 0 radical (unpaired) electrons. The summed E-state index contributed by atoms with van der Waals surface area (Å²) in [7, 11) is 1.95. The highest BCUT2D eigenvalue weighted by Gasteiger charge is 2.10. The third-order valence-corrected chi connectivity index (χ3v) is 5.04. The summed E-state index contributed by atoms with van der Waals surface area (Å²) in [5.74, 6) is 0.866. The summed E-state index contributed by atoms with van der Waals surface area (Å²) in [5.41, 5.74) is 2.13. The molecule has 1 unspecified atom stereocenters. The van der Waals surface area contributed by atoms with Crippen LogP contribution in [0.3, 0.4) is 0 Å². The predicted octanol–water partition coefficient (Wildman–Crippen LogP) is 4.48. The van der Waals surface area contributed by atoms with Crippen LogP contribution in [0.4, 0.5) is 5.69 Å². The molecule has 0 bridgehead atoms. The summed E-state index contributed by atoms with van der Waals surface area (Å²) in [6.07, 6.45) is 1.71. The number of halogens is 1. The van der Waals surface area contributed by atoms with Crippen molar-refractivity contribution in [1.29, 1.82) is 0 Å². The SMILES string of the molecule is CC(Nc1cccc(-c2nncn2C)c1)c1ccc(Br)s1. The molecule has 0 spiro atoms. The summed E-state index contributed by atoms with van der Waals surface area (Å²) in [6, 6.07) is 12.7. The van der Waals surface area contributed by atoms with Gasteiger partial charge in [-0.2, -0.15) is 0 Å². The highest BCUT2D eigenvalue weighted by atomic mass is 79.9. The number of hydrogen-bond acceptors (Lipinski definition) is 4. The lowest BCUT2D eigenvalue weighted by atomic mass is 10.1. The van der Waals surface area contributed by atoms with Crippen LogP contribution < -0.4 is 5.32 Å². The predicted molar refractivity (Wildman–Crippen MR) is 90.5 cm³/mol. The molecule has 0 amide bonds. The molecule has 0 saturated carbocycles. The maximum absolute atomic E-state index is 4.15. The fourth-order valence-corrected chi connectivity index (χ4v) is 3.60. The Kier molecular flexibility index (Phi) is 4.07. The van der Waals surface area contributed by atoms with E-state index >= 15 is 0 Å².